The average molecular weight is 217 g/mol. The van der Waals surface area contributed by atoms with Crippen molar-refractivity contribution in [2.75, 3.05) is 12.4 Å². The first-order valence-electron chi connectivity index (χ1n) is 4.09. The number of hydrogen-bond acceptors (Lipinski definition) is 2. The first kappa shape index (κ1) is 11.4. The minimum Gasteiger partial charge on any atom is -0.388 e. The molecule has 3 nitrogen and oxygen atoms in total. The second-order valence-electron chi connectivity index (χ2n) is 2.92. The molecule has 0 bridgehead atoms. The van der Waals surface area contributed by atoms with Gasteiger partial charge in [0, 0.05) is 18.3 Å². The van der Waals surface area contributed by atoms with Crippen molar-refractivity contribution in [2.45, 2.75) is 6.18 Å². The Morgan fingerprint density at radius 1 is 1.40 bits per heavy atom. The monoisotopic (exact) mass is 217 g/mol. The van der Waals surface area contributed by atoms with E-state index in [9.17, 15) is 13.2 Å². The van der Waals surface area contributed by atoms with Gasteiger partial charge in [-0.2, -0.15) is 13.2 Å². The Balaban J connectivity index is 3.28. The molecule has 0 atom stereocenters. The Bertz CT molecular complexity index is 385. The fraction of sp³-hybridized carbons (Fsp3) is 0.222. The predicted octanol–water partition coefficient (Wildman–Crippen LogP) is 2.03. The Hall–Kier alpha value is -1.72. The quantitative estimate of drug-likeness (QED) is 0.524. The number of benzene rings is 1. The summed E-state index contributed by atoms with van der Waals surface area (Å²) >= 11 is 0. The number of nitrogens with two attached hydrogens (primary N) is 1. The molecule has 0 aliphatic carbocycles. The SMILES string of the molecule is CNc1ccc(C(F)(F)F)cc1C(=N)N. The molecule has 0 heterocycles. The fourth-order valence-electron chi connectivity index (χ4n) is 1.16. The molecule has 0 unspecified atom stereocenters. The molecule has 82 valence electrons. The number of halogens is 3. The van der Waals surface area contributed by atoms with Gasteiger partial charge in [-0.1, -0.05) is 0 Å². The molecule has 0 radical (unpaired) electrons. The third kappa shape index (κ3) is 2.39. The summed E-state index contributed by atoms with van der Waals surface area (Å²) in [6.07, 6.45) is -4.42. The smallest absolute Gasteiger partial charge is 0.388 e. The number of alkyl halides is 3. The van der Waals surface area contributed by atoms with Crippen LogP contribution in [0.25, 0.3) is 0 Å². The van der Waals surface area contributed by atoms with E-state index < -0.39 is 17.6 Å². The van der Waals surface area contributed by atoms with Crippen LogP contribution in [0.1, 0.15) is 11.1 Å². The van der Waals surface area contributed by atoms with Gasteiger partial charge in [0.1, 0.15) is 5.84 Å². The van der Waals surface area contributed by atoms with Crippen LogP contribution < -0.4 is 11.1 Å². The van der Waals surface area contributed by atoms with Gasteiger partial charge in [0.2, 0.25) is 0 Å². The van der Waals surface area contributed by atoms with E-state index >= 15 is 0 Å². The lowest BCUT2D eigenvalue weighted by Gasteiger charge is -2.12. The van der Waals surface area contributed by atoms with Crippen LogP contribution in [0.15, 0.2) is 18.2 Å². The molecule has 1 aromatic carbocycles. The molecule has 0 aliphatic heterocycles. The van der Waals surface area contributed by atoms with Crippen LogP contribution in [0.3, 0.4) is 0 Å². The van der Waals surface area contributed by atoms with Crippen LogP contribution in [0.4, 0.5) is 18.9 Å². The third-order valence-electron chi connectivity index (χ3n) is 1.91. The van der Waals surface area contributed by atoms with E-state index in [4.69, 9.17) is 11.1 Å². The standard InChI is InChI=1S/C9H10F3N3/c1-15-7-3-2-5(9(10,11)12)4-6(7)8(13)14/h2-4,15H,1H3,(H3,13,14). The molecule has 0 aromatic heterocycles. The first-order chi connectivity index (χ1) is 6.86. The number of nitrogens with one attached hydrogen (secondary N) is 2. The maximum atomic E-state index is 12.3. The van der Waals surface area contributed by atoms with Crippen molar-refractivity contribution >= 4 is 11.5 Å². The van der Waals surface area contributed by atoms with Crippen LogP contribution in [0.2, 0.25) is 0 Å². The largest absolute Gasteiger partial charge is 0.416 e. The van der Waals surface area contributed by atoms with E-state index in [-0.39, 0.29) is 5.56 Å². The van der Waals surface area contributed by atoms with Gasteiger partial charge in [-0.3, -0.25) is 5.41 Å². The van der Waals surface area contributed by atoms with Gasteiger partial charge in [-0.05, 0) is 18.2 Å². The Morgan fingerprint density at radius 2 is 2.00 bits per heavy atom. The van der Waals surface area contributed by atoms with Crippen molar-refractivity contribution in [1.82, 2.24) is 0 Å². The molecule has 1 aromatic rings. The summed E-state index contributed by atoms with van der Waals surface area (Å²) in [7, 11) is 1.55. The minimum absolute atomic E-state index is 0.0484. The number of rotatable bonds is 2. The summed E-state index contributed by atoms with van der Waals surface area (Å²) in [4.78, 5) is 0. The maximum Gasteiger partial charge on any atom is 0.416 e. The van der Waals surface area contributed by atoms with E-state index in [1.165, 1.54) is 6.07 Å². The molecular weight excluding hydrogens is 207 g/mol. The number of nitrogen functional groups attached to an aromatic ring is 1. The van der Waals surface area contributed by atoms with Gasteiger partial charge in [-0.25, -0.2) is 0 Å². The molecule has 0 fully saturated rings. The highest BCUT2D eigenvalue weighted by molar-refractivity contribution is 6.00. The molecule has 0 saturated carbocycles. The number of amidine groups is 1. The van der Waals surface area contributed by atoms with Gasteiger partial charge in [0.25, 0.3) is 0 Å². The zero-order chi connectivity index (χ0) is 11.6. The van der Waals surface area contributed by atoms with Crippen molar-refractivity contribution in [3.8, 4) is 0 Å². The van der Waals surface area contributed by atoms with Crippen molar-refractivity contribution in [3.05, 3.63) is 29.3 Å². The van der Waals surface area contributed by atoms with Crippen molar-refractivity contribution in [1.29, 1.82) is 5.41 Å². The number of anilines is 1. The lowest BCUT2D eigenvalue weighted by Crippen LogP contribution is -2.15. The van der Waals surface area contributed by atoms with Gasteiger partial charge in [0.15, 0.2) is 0 Å². The molecule has 4 N–H and O–H groups in total. The molecular formula is C9H10F3N3. The lowest BCUT2D eigenvalue weighted by molar-refractivity contribution is -0.137. The molecule has 0 amide bonds. The zero-order valence-electron chi connectivity index (χ0n) is 7.94. The highest BCUT2D eigenvalue weighted by Crippen LogP contribution is 2.31. The maximum absolute atomic E-state index is 12.3. The first-order valence-corrected chi connectivity index (χ1v) is 4.09. The highest BCUT2D eigenvalue weighted by atomic mass is 19.4. The summed E-state index contributed by atoms with van der Waals surface area (Å²) < 4.78 is 37.0. The van der Waals surface area contributed by atoms with Crippen LogP contribution in [-0.4, -0.2) is 12.9 Å². The molecule has 6 heteroatoms. The lowest BCUT2D eigenvalue weighted by atomic mass is 10.1. The van der Waals surface area contributed by atoms with E-state index in [0.717, 1.165) is 12.1 Å². The van der Waals surface area contributed by atoms with E-state index in [2.05, 4.69) is 5.32 Å². The summed E-state index contributed by atoms with van der Waals surface area (Å²) in [5.41, 5.74) is 4.81. The molecule has 0 saturated heterocycles. The van der Waals surface area contributed by atoms with Crippen LogP contribution in [0, 0.1) is 5.41 Å². The summed E-state index contributed by atoms with van der Waals surface area (Å²) in [6.45, 7) is 0. The summed E-state index contributed by atoms with van der Waals surface area (Å²) in [5, 5.41) is 9.82. The zero-order valence-corrected chi connectivity index (χ0v) is 7.94. The molecule has 0 aliphatic rings. The van der Waals surface area contributed by atoms with Crippen LogP contribution in [-0.2, 0) is 6.18 Å². The average Bonchev–Trinajstić information content (AvgIpc) is 2.15. The second-order valence-corrected chi connectivity index (χ2v) is 2.92. The van der Waals surface area contributed by atoms with Crippen LogP contribution in [0.5, 0.6) is 0 Å². The summed E-state index contributed by atoms with van der Waals surface area (Å²) in [6, 6.07) is 3.05. The normalized spacial score (nSPS) is 11.2. The van der Waals surface area contributed by atoms with E-state index in [0.29, 0.717) is 5.69 Å². The fourth-order valence-corrected chi connectivity index (χ4v) is 1.16. The van der Waals surface area contributed by atoms with Gasteiger partial charge in [0.05, 0.1) is 5.56 Å². The van der Waals surface area contributed by atoms with E-state index in [1.807, 2.05) is 0 Å². The Kier molecular flexibility index (Phi) is 2.88. The van der Waals surface area contributed by atoms with Gasteiger partial charge in [-0.15, -0.1) is 0 Å². The topological polar surface area (TPSA) is 61.9 Å². The van der Waals surface area contributed by atoms with Crippen LogP contribution >= 0.6 is 0 Å². The van der Waals surface area contributed by atoms with Gasteiger partial charge < -0.3 is 11.1 Å². The van der Waals surface area contributed by atoms with Crippen molar-refractivity contribution < 1.29 is 13.2 Å². The van der Waals surface area contributed by atoms with Gasteiger partial charge >= 0.3 is 6.18 Å². The minimum atomic E-state index is -4.42. The third-order valence-corrected chi connectivity index (χ3v) is 1.91. The Morgan fingerprint density at radius 3 is 2.40 bits per heavy atom. The molecule has 0 spiro atoms. The Labute approximate surface area is 84.6 Å². The molecule has 15 heavy (non-hydrogen) atoms. The second kappa shape index (κ2) is 3.80. The van der Waals surface area contributed by atoms with E-state index in [1.54, 1.807) is 7.05 Å². The molecule has 1 rings (SSSR count). The number of hydrogen-bond donors (Lipinski definition) is 3. The van der Waals surface area contributed by atoms with Crippen molar-refractivity contribution in [2.24, 2.45) is 5.73 Å². The predicted molar refractivity (Wildman–Crippen MR) is 52.0 cm³/mol. The summed E-state index contributed by atoms with van der Waals surface area (Å²) in [5.74, 6) is -0.398. The highest BCUT2D eigenvalue weighted by Gasteiger charge is 2.31. The van der Waals surface area contributed by atoms with Crippen molar-refractivity contribution in [3.63, 3.8) is 0 Å².